The monoisotopic (exact) mass is 418 g/mol. The van der Waals surface area contributed by atoms with E-state index in [0.717, 1.165) is 0 Å². The first-order chi connectivity index (χ1) is 13.2. The highest BCUT2D eigenvalue weighted by atomic mass is 31.2. The summed E-state index contributed by atoms with van der Waals surface area (Å²) in [4.78, 5) is 0. The Labute approximate surface area is 162 Å². The topological polar surface area (TPSA) is 100 Å². The Balaban J connectivity index is 3.65. The van der Waals surface area contributed by atoms with Crippen molar-refractivity contribution in [1.82, 2.24) is 0 Å². The summed E-state index contributed by atoms with van der Waals surface area (Å²) in [5.41, 5.74) is 0. The van der Waals surface area contributed by atoms with E-state index < -0.39 is 7.82 Å². The van der Waals surface area contributed by atoms with Crippen molar-refractivity contribution in [3.05, 3.63) is 0 Å². The normalized spacial score (nSPS) is 12.0. The van der Waals surface area contributed by atoms with Gasteiger partial charge in [0.05, 0.1) is 85.9 Å². The van der Waals surface area contributed by atoms with Gasteiger partial charge in [-0.05, 0) is 6.92 Å². The Bertz CT molecular complexity index is 319. The highest BCUT2D eigenvalue weighted by Crippen LogP contribution is 2.49. The molecule has 0 aliphatic heterocycles. The molecule has 0 atom stereocenters. The highest BCUT2D eigenvalue weighted by Gasteiger charge is 2.25. The maximum atomic E-state index is 12.4. The number of methoxy groups -OCH3 is 2. The van der Waals surface area contributed by atoms with Crippen LogP contribution >= 0.6 is 7.82 Å². The minimum Gasteiger partial charge on any atom is -0.382 e. The molecule has 0 aliphatic carbocycles. The van der Waals surface area contributed by atoms with Crippen molar-refractivity contribution in [2.45, 2.75) is 6.92 Å². The van der Waals surface area contributed by atoms with Crippen molar-refractivity contribution < 1.29 is 46.6 Å². The molecule has 0 amide bonds. The van der Waals surface area contributed by atoms with Gasteiger partial charge in [0, 0.05) is 14.2 Å². The van der Waals surface area contributed by atoms with Gasteiger partial charge in [-0.1, -0.05) is 0 Å². The van der Waals surface area contributed by atoms with Crippen molar-refractivity contribution in [2.24, 2.45) is 0 Å². The van der Waals surface area contributed by atoms with E-state index in [1.807, 2.05) is 0 Å². The third kappa shape index (κ3) is 19.0. The molecule has 0 fully saturated rings. The standard InChI is InChI=1S/C16H35O10P/c1-4-24-27(17,25-15-13-22-11-9-20-7-5-18-2)26-16-14-23-12-10-21-8-6-19-3/h4-16H2,1-3H3. The fourth-order valence-electron chi connectivity index (χ4n) is 1.61. The Morgan fingerprint density at radius 3 is 1.19 bits per heavy atom. The Morgan fingerprint density at radius 2 is 0.852 bits per heavy atom. The molecule has 0 aromatic rings. The van der Waals surface area contributed by atoms with Gasteiger partial charge in [0.1, 0.15) is 0 Å². The Morgan fingerprint density at radius 1 is 0.519 bits per heavy atom. The molecule has 11 heteroatoms. The smallest absolute Gasteiger partial charge is 0.382 e. The first-order valence-electron chi connectivity index (χ1n) is 9.01. The molecular formula is C16H35O10P. The molecule has 164 valence electrons. The second-order valence-electron chi connectivity index (χ2n) is 4.97. The van der Waals surface area contributed by atoms with Crippen LogP contribution in [-0.2, 0) is 46.6 Å². The Kier molecular flexibility index (Phi) is 20.5. The summed E-state index contributed by atoms with van der Waals surface area (Å²) in [5, 5.41) is 0. The molecule has 0 radical (unpaired) electrons. The van der Waals surface area contributed by atoms with E-state index in [1.54, 1.807) is 21.1 Å². The molecular weight excluding hydrogens is 383 g/mol. The molecule has 0 rings (SSSR count). The number of rotatable bonds is 22. The van der Waals surface area contributed by atoms with Crippen molar-refractivity contribution in [3.8, 4) is 0 Å². The van der Waals surface area contributed by atoms with Gasteiger partial charge in [0.2, 0.25) is 0 Å². The fraction of sp³-hybridized carbons (Fsp3) is 1.00. The van der Waals surface area contributed by atoms with Gasteiger partial charge < -0.3 is 28.4 Å². The molecule has 0 heterocycles. The number of hydrogen-bond acceptors (Lipinski definition) is 10. The van der Waals surface area contributed by atoms with Crippen molar-refractivity contribution in [3.63, 3.8) is 0 Å². The minimum absolute atomic E-state index is 0.0869. The van der Waals surface area contributed by atoms with Crippen molar-refractivity contribution in [2.75, 3.05) is 100 Å². The van der Waals surface area contributed by atoms with Crippen LogP contribution in [0.25, 0.3) is 0 Å². The van der Waals surface area contributed by atoms with Crippen LogP contribution in [0.3, 0.4) is 0 Å². The highest BCUT2D eigenvalue weighted by molar-refractivity contribution is 7.48. The van der Waals surface area contributed by atoms with Crippen molar-refractivity contribution in [1.29, 1.82) is 0 Å². The van der Waals surface area contributed by atoms with Gasteiger partial charge in [-0.15, -0.1) is 0 Å². The third-order valence-electron chi connectivity index (χ3n) is 2.85. The zero-order valence-corrected chi connectivity index (χ0v) is 17.6. The second kappa shape index (κ2) is 20.6. The maximum Gasteiger partial charge on any atom is 0.474 e. The summed E-state index contributed by atoms with van der Waals surface area (Å²) in [6, 6.07) is 0. The van der Waals surface area contributed by atoms with Crippen LogP contribution in [0.15, 0.2) is 0 Å². The average Bonchev–Trinajstić information content (AvgIpc) is 2.66. The van der Waals surface area contributed by atoms with Gasteiger partial charge in [0.15, 0.2) is 0 Å². The minimum atomic E-state index is -3.62. The van der Waals surface area contributed by atoms with E-state index in [9.17, 15) is 4.57 Å². The first-order valence-corrected chi connectivity index (χ1v) is 10.5. The molecule has 0 aromatic carbocycles. The van der Waals surface area contributed by atoms with E-state index in [2.05, 4.69) is 0 Å². The number of phosphoric acid groups is 1. The summed E-state index contributed by atoms with van der Waals surface area (Å²) in [6.07, 6.45) is 0. The summed E-state index contributed by atoms with van der Waals surface area (Å²) < 4.78 is 58.7. The molecule has 0 saturated heterocycles. The van der Waals surface area contributed by atoms with E-state index in [4.69, 9.17) is 42.0 Å². The summed E-state index contributed by atoms with van der Waals surface area (Å²) in [6.45, 7) is 6.45. The van der Waals surface area contributed by atoms with E-state index >= 15 is 0 Å². The van der Waals surface area contributed by atoms with E-state index in [-0.39, 0.29) is 33.0 Å². The Hall–Kier alpha value is -0.130. The van der Waals surface area contributed by atoms with Crippen LogP contribution in [-0.4, -0.2) is 100 Å². The van der Waals surface area contributed by atoms with Crippen molar-refractivity contribution >= 4 is 7.82 Å². The van der Waals surface area contributed by atoms with E-state index in [1.165, 1.54) is 0 Å². The lowest BCUT2D eigenvalue weighted by Crippen LogP contribution is -2.13. The summed E-state index contributed by atoms with van der Waals surface area (Å²) >= 11 is 0. The molecule has 0 bridgehead atoms. The van der Waals surface area contributed by atoms with Crippen LogP contribution in [0.5, 0.6) is 0 Å². The van der Waals surface area contributed by atoms with Gasteiger partial charge >= 0.3 is 7.82 Å². The molecule has 0 saturated carbocycles. The van der Waals surface area contributed by atoms with Crippen LogP contribution in [0, 0.1) is 0 Å². The largest absolute Gasteiger partial charge is 0.474 e. The predicted octanol–water partition coefficient (Wildman–Crippen LogP) is 1.52. The SMILES string of the molecule is CCOP(=O)(OCCOCCOCCOC)OCCOCCOCCOC. The van der Waals surface area contributed by atoms with Crippen LogP contribution in [0.2, 0.25) is 0 Å². The fourth-order valence-corrected chi connectivity index (χ4v) is 2.75. The summed E-state index contributed by atoms with van der Waals surface area (Å²) in [7, 11) is -0.392. The molecule has 0 N–H and O–H groups in total. The van der Waals surface area contributed by atoms with Gasteiger partial charge in [0.25, 0.3) is 0 Å². The average molecular weight is 418 g/mol. The molecule has 0 unspecified atom stereocenters. The maximum absolute atomic E-state index is 12.4. The molecule has 27 heavy (non-hydrogen) atoms. The van der Waals surface area contributed by atoms with E-state index in [0.29, 0.717) is 52.9 Å². The van der Waals surface area contributed by atoms with Crippen LogP contribution < -0.4 is 0 Å². The van der Waals surface area contributed by atoms with Gasteiger partial charge in [-0.3, -0.25) is 13.6 Å². The summed E-state index contributed by atoms with van der Waals surface area (Å²) in [5.74, 6) is 0. The number of hydrogen-bond donors (Lipinski definition) is 0. The zero-order chi connectivity index (χ0) is 20.1. The number of ether oxygens (including phenoxy) is 6. The molecule has 0 aliphatic rings. The van der Waals surface area contributed by atoms with Crippen LogP contribution in [0.1, 0.15) is 6.92 Å². The van der Waals surface area contributed by atoms with Crippen LogP contribution in [0.4, 0.5) is 0 Å². The van der Waals surface area contributed by atoms with Gasteiger partial charge in [-0.2, -0.15) is 0 Å². The van der Waals surface area contributed by atoms with Gasteiger partial charge in [-0.25, -0.2) is 4.57 Å². The molecule has 0 spiro atoms. The quantitative estimate of drug-likeness (QED) is 0.190. The molecule has 0 aromatic heterocycles. The first kappa shape index (κ1) is 26.9. The second-order valence-corrected chi connectivity index (χ2v) is 6.64. The lowest BCUT2D eigenvalue weighted by molar-refractivity contribution is 0.00504. The third-order valence-corrected chi connectivity index (χ3v) is 4.42. The number of phosphoric ester groups is 1. The lowest BCUT2D eigenvalue weighted by Gasteiger charge is -2.17. The lowest BCUT2D eigenvalue weighted by atomic mass is 10.7. The predicted molar refractivity (Wildman–Crippen MR) is 98.2 cm³/mol. The zero-order valence-electron chi connectivity index (χ0n) is 16.7. The molecule has 10 nitrogen and oxygen atoms in total.